The van der Waals surface area contributed by atoms with Crippen LogP contribution in [0.3, 0.4) is 0 Å². The highest BCUT2D eigenvalue weighted by Gasteiger charge is 2.31. The summed E-state index contributed by atoms with van der Waals surface area (Å²) in [7, 11) is 0. The van der Waals surface area contributed by atoms with Gasteiger partial charge in [0.1, 0.15) is 0 Å². The Balaban J connectivity index is 2.03. The molecule has 2 nitrogen and oxygen atoms in total. The quantitative estimate of drug-likeness (QED) is 0.584. The molecule has 2 aliphatic carbocycles. The first kappa shape index (κ1) is 7.63. The van der Waals surface area contributed by atoms with E-state index in [2.05, 4.69) is 22.8 Å². The lowest BCUT2D eigenvalue weighted by atomic mass is 9.78. The molecule has 1 saturated heterocycles. The third kappa shape index (κ3) is 1.12. The summed E-state index contributed by atoms with van der Waals surface area (Å²) < 4.78 is 0. The zero-order valence-electron chi connectivity index (χ0n) is 7.84. The third-order valence-electron chi connectivity index (χ3n) is 3.51. The van der Waals surface area contributed by atoms with Gasteiger partial charge in [0, 0.05) is 11.7 Å². The molecule has 3 aliphatic rings. The molecule has 2 atom stereocenters. The minimum absolute atomic E-state index is 0.633. The molecule has 0 spiro atoms. The predicted octanol–water partition coefficient (Wildman–Crippen LogP) is 1.52. The Bertz CT molecular complexity index is 278. The molecule has 0 aromatic carbocycles. The van der Waals surface area contributed by atoms with Gasteiger partial charge < -0.3 is 5.32 Å². The SMILES string of the molecule is C1=CC2=C3NCNC3CCC2CC1. The van der Waals surface area contributed by atoms with Gasteiger partial charge in [-0.15, -0.1) is 0 Å². The minimum atomic E-state index is 0.633. The van der Waals surface area contributed by atoms with E-state index < -0.39 is 0 Å². The second-order valence-corrected chi connectivity index (χ2v) is 4.23. The van der Waals surface area contributed by atoms with Gasteiger partial charge in [0.05, 0.1) is 6.67 Å². The van der Waals surface area contributed by atoms with Crippen LogP contribution in [0.4, 0.5) is 0 Å². The van der Waals surface area contributed by atoms with E-state index in [-0.39, 0.29) is 0 Å². The average molecular weight is 176 g/mol. The number of rotatable bonds is 0. The van der Waals surface area contributed by atoms with Gasteiger partial charge >= 0.3 is 0 Å². The predicted molar refractivity (Wildman–Crippen MR) is 53.1 cm³/mol. The van der Waals surface area contributed by atoms with Gasteiger partial charge in [0.2, 0.25) is 0 Å². The third-order valence-corrected chi connectivity index (χ3v) is 3.51. The topological polar surface area (TPSA) is 24.1 Å². The smallest absolute Gasteiger partial charge is 0.0656 e. The maximum absolute atomic E-state index is 3.49. The van der Waals surface area contributed by atoms with Crippen LogP contribution in [0.5, 0.6) is 0 Å². The van der Waals surface area contributed by atoms with Crippen molar-refractivity contribution >= 4 is 0 Å². The lowest BCUT2D eigenvalue weighted by Crippen LogP contribution is -2.29. The molecule has 70 valence electrons. The number of allylic oxidation sites excluding steroid dienone is 3. The summed E-state index contributed by atoms with van der Waals surface area (Å²) in [6.45, 7) is 0.962. The van der Waals surface area contributed by atoms with Gasteiger partial charge in [-0.05, 0) is 37.2 Å². The highest BCUT2D eigenvalue weighted by Crippen LogP contribution is 2.36. The Kier molecular flexibility index (Phi) is 1.69. The maximum atomic E-state index is 3.49. The van der Waals surface area contributed by atoms with Crippen LogP contribution in [0.1, 0.15) is 25.7 Å². The molecule has 0 bridgehead atoms. The van der Waals surface area contributed by atoms with Gasteiger partial charge in [0.25, 0.3) is 0 Å². The second-order valence-electron chi connectivity index (χ2n) is 4.23. The van der Waals surface area contributed by atoms with Gasteiger partial charge in [-0.2, -0.15) is 0 Å². The summed E-state index contributed by atoms with van der Waals surface area (Å²) in [5, 5.41) is 6.96. The Hall–Kier alpha value is -0.760. The number of fused-ring (bicyclic) bond motifs is 2. The van der Waals surface area contributed by atoms with Crippen LogP contribution in [0.15, 0.2) is 23.4 Å². The minimum Gasteiger partial charge on any atom is -0.374 e. The first-order valence-corrected chi connectivity index (χ1v) is 5.33. The van der Waals surface area contributed by atoms with E-state index in [1.165, 1.54) is 31.4 Å². The molecule has 2 heteroatoms. The Morgan fingerprint density at radius 1 is 1.23 bits per heavy atom. The zero-order chi connectivity index (χ0) is 8.67. The average Bonchev–Trinajstić information content (AvgIpc) is 2.65. The monoisotopic (exact) mass is 176 g/mol. The van der Waals surface area contributed by atoms with Crippen LogP contribution in [0, 0.1) is 5.92 Å². The van der Waals surface area contributed by atoms with Crippen molar-refractivity contribution < 1.29 is 0 Å². The number of hydrogen-bond donors (Lipinski definition) is 2. The Morgan fingerprint density at radius 2 is 2.23 bits per heavy atom. The van der Waals surface area contributed by atoms with Crippen molar-refractivity contribution in [2.75, 3.05) is 6.67 Å². The van der Waals surface area contributed by atoms with Gasteiger partial charge in [-0.1, -0.05) is 12.2 Å². The number of nitrogens with one attached hydrogen (secondary N) is 2. The van der Waals surface area contributed by atoms with Crippen molar-refractivity contribution in [3.63, 3.8) is 0 Å². The molecule has 2 N–H and O–H groups in total. The van der Waals surface area contributed by atoms with Crippen LogP contribution < -0.4 is 10.6 Å². The molecule has 0 radical (unpaired) electrons. The highest BCUT2D eigenvalue weighted by atomic mass is 15.2. The molecular formula is C11H16N2. The van der Waals surface area contributed by atoms with E-state index >= 15 is 0 Å². The Morgan fingerprint density at radius 3 is 3.23 bits per heavy atom. The van der Waals surface area contributed by atoms with Crippen LogP contribution in [0.2, 0.25) is 0 Å². The summed E-state index contributed by atoms with van der Waals surface area (Å²) in [6.07, 6.45) is 10.0. The zero-order valence-corrected chi connectivity index (χ0v) is 7.84. The van der Waals surface area contributed by atoms with Crippen molar-refractivity contribution in [2.45, 2.75) is 31.7 Å². The first-order valence-electron chi connectivity index (χ1n) is 5.33. The summed E-state index contributed by atoms with van der Waals surface area (Å²) >= 11 is 0. The highest BCUT2D eigenvalue weighted by molar-refractivity contribution is 5.36. The van der Waals surface area contributed by atoms with Crippen LogP contribution in [0.25, 0.3) is 0 Å². The Labute approximate surface area is 79.1 Å². The van der Waals surface area contributed by atoms with E-state index in [1.807, 2.05) is 0 Å². The normalized spacial score (nSPS) is 36.9. The van der Waals surface area contributed by atoms with Crippen LogP contribution >= 0.6 is 0 Å². The maximum Gasteiger partial charge on any atom is 0.0656 e. The molecular weight excluding hydrogens is 160 g/mol. The van der Waals surface area contributed by atoms with Crippen LogP contribution in [-0.2, 0) is 0 Å². The largest absolute Gasteiger partial charge is 0.374 e. The summed E-state index contributed by atoms with van der Waals surface area (Å²) in [5.41, 5.74) is 3.08. The molecule has 0 saturated carbocycles. The van der Waals surface area contributed by atoms with E-state index in [1.54, 1.807) is 5.57 Å². The van der Waals surface area contributed by atoms with Crippen molar-refractivity contribution in [3.8, 4) is 0 Å². The lowest BCUT2D eigenvalue weighted by molar-refractivity contribution is 0.432. The molecule has 0 amide bonds. The fourth-order valence-electron chi connectivity index (χ4n) is 2.82. The van der Waals surface area contributed by atoms with Crippen molar-refractivity contribution in [1.82, 2.24) is 10.6 Å². The van der Waals surface area contributed by atoms with Gasteiger partial charge in [-0.3, -0.25) is 5.32 Å². The van der Waals surface area contributed by atoms with Gasteiger partial charge in [0.15, 0.2) is 0 Å². The standard InChI is InChI=1S/C11H16N2/c1-2-4-9-8(3-1)5-6-10-11(9)13-7-12-10/h2,4,8,10,12-13H,1,3,5-7H2. The fourth-order valence-corrected chi connectivity index (χ4v) is 2.82. The van der Waals surface area contributed by atoms with Crippen molar-refractivity contribution in [3.05, 3.63) is 23.4 Å². The van der Waals surface area contributed by atoms with E-state index in [4.69, 9.17) is 0 Å². The molecule has 0 aromatic rings. The van der Waals surface area contributed by atoms with Crippen molar-refractivity contribution in [1.29, 1.82) is 0 Å². The lowest BCUT2D eigenvalue weighted by Gasteiger charge is -2.30. The molecule has 0 aromatic heterocycles. The summed E-state index contributed by atoms with van der Waals surface area (Å²) in [4.78, 5) is 0. The molecule has 3 rings (SSSR count). The molecule has 1 heterocycles. The molecule has 2 unspecified atom stereocenters. The summed E-state index contributed by atoms with van der Waals surface area (Å²) in [5.74, 6) is 0.851. The molecule has 1 aliphatic heterocycles. The second kappa shape index (κ2) is 2.88. The number of hydrogen-bond acceptors (Lipinski definition) is 2. The summed E-state index contributed by atoms with van der Waals surface area (Å²) in [6, 6.07) is 0.633. The van der Waals surface area contributed by atoms with E-state index in [9.17, 15) is 0 Å². The molecule has 1 fully saturated rings. The molecule has 13 heavy (non-hydrogen) atoms. The van der Waals surface area contributed by atoms with Crippen molar-refractivity contribution in [2.24, 2.45) is 5.92 Å². The van der Waals surface area contributed by atoms with E-state index in [0.717, 1.165) is 12.6 Å². The fraction of sp³-hybridized carbons (Fsp3) is 0.636. The van der Waals surface area contributed by atoms with Crippen LogP contribution in [-0.4, -0.2) is 12.7 Å². The van der Waals surface area contributed by atoms with E-state index in [0.29, 0.717) is 6.04 Å². The van der Waals surface area contributed by atoms with Gasteiger partial charge in [-0.25, -0.2) is 0 Å². The first-order chi connectivity index (χ1) is 6.45.